The van der Waals surface area contributed by atoms with Crippen LogP contribution in [0.25, 0.3) is 10.9 Å². The zero-order valence-corrected chi connectivity index (χ0v) is 21.3. The third-order valence-electron chi connectivity index (χ3n) is 6.33. The number of carbonyl (C=O) groups excluding carboxylic acids is 1. The van der Waals surface area contributed by atoms with Gasteiger partial charge in [0.25, 0.3) is 5.91 Å². The molecule has 7 heteroatoms. The van der Waals surface area contributed by atoms with Crippen molar-refractivity contribution in [2.24, 2.45) is 4.99 Å². The number of hydrogen-bond donors (Lipinski definition) is 2. The van der Waals surface area contributed by atoms with Crippen molar-refractivity contribution in [3.8, 4) is 0 Å². The molecule has 1 aliphatic heterocycles. The van der Waals surface area contributed by atoms with Crippen LogP contribution in [0.15, 0.2) is 46.6 Å². The Labute approximate surface area is 202 Å². The second kappa shape index (κ2) is 12.8. The summed E-state index contributed by atoms with van der Waals surface area (Å²) in [5.41, 5.74) is 2.39. The van der Waals surface area contributed by atoms with Gasteiger partial charge in [0, 0.05) is 61.6 Å². The first-order valence-corrected chi connectivity index (χ1v) is 13.4. The number of hydrogen-bond acceptors (Lipinski definition) is 4. The molecule has 2 aromatic rings. The summed E-state index contributed by atoms with van der Waals surface area (Å²) >= 11 is 1.45. The van der Waals surface area contributed by atoms with E-state index in [0.717, 1.165) is 57.4 Å². The van der Waals surface area contributed by atoms with Crippen molar-refractivity contribution in [2.45, 2.75) is 58.5 Å². The zero-order valence-electron chi connectivity index (χ0n) is 20.5. The van der Waals surface area contributed by atoms with Gasteiger partial charge >= 0.3 is 0 Å². The van der Waals surface area contributed by atoms with Gasteiger partial charge in [-0.25, -0.2) is 4.99 Å². The molecule has 0 aliphatic carbocycles. The Morgan fingerprint density at radius 3 is 2.70 bits per heavy atom. The highest BCUT2D eigenvalue weighted by atomic mass is 32.2. The predicted molar refractivity (Wildman–Crippen MR) is 142 cm³/mol. The number of para-hydroxylation sites is 1. The summed E-state index contributed by atoms with van der Waals surface area (Å²) in [4.78, 5) is 26.2. The van der Waals surface area contributed by atoms with Crippen molar-refractivity contribution >= 4 is 34.9 Å². The molecular formula is C26H39N5OS. The predicted octanol–water partition coefficient (Wildman–Crippen LogP) is 4.64. The van der Waals surface area contributed by atoms with Gasteiger partial charge in [-0.05, 0) is 44.6 Å². The van der Waals surface area contributed by atoms with Crippen LogP contribution < -0.4 is 5.32 Å². The van der Waals surface area contributed by atoms with Crippen LogP contribution in [-0.2, 0) is 11.2 Å². The largest absolute Gasteiger partial charge is 0.361 e. The van der Waals surface area contributed by atoms with Gasteiger partial charge in [0.2, 0.25) is 0 Å². The van der Waals surface area contributed by atoms with E-state index in [9.17, 15) is 4.79 Å². The molecule has 0 bridgehead atoms. The molecule has 180 valence electrons. The molecule has 2 heterocycles. The van der Waals surface area contributed by atoms with E-state index in [4.69, 9.17) is 0 Å². The number of amides is 1. The first-order chi connectivity index (χ1) is 16.0. The summed E-state index contributed by atoms with van der Waals surface area (Å²) in [6.45, 7) is 10.7. The minimum atomic E-state index is -0.0368. The van der Waals surface area contributed by atoms with E-state index in [0.29, 0.717) is 10.9 Å². The highest BCUT2D eigenvalue weighted by molar-refractivity contribution is 8.03. The number of H-pyrrole nitrogens is 1. The lowest BCUT2D eigenvalue weighted by Gasteiger charge is -2.35. The quantitative estimate of drug-likeness (QED) is 0.286. The van der Waals surface area contributed by atoms with Gasteiger partial charge in [-0.3, -0.25) is 9.69 Å². The number of nitrogens with one attached hydrogen (secondary N) is 2. The van der Waals surface area contributed by atoms with E-state index in [-0.39, 0.29) is 11.9 Å². The van der Waals surface area contributed by atoms with Crippen LogP contribution >= 0.6 is 11.8 Å². The maximum atomic E-state index is 13.0. The molecule has 1 atom stereocenters. The Kier molecular flexibility index (Phi) is 9.88. The third kappa shape index (κ3) is 7.37. The highest BCUT2D eigenvalue weighted by Crippen LogP contribution is 2.21. The Morgan fingerprint density at radius 2 is 2.00 bits per heavy atom. The Hall–Kier alpha value is -2.25. The molecule has 3 rings (SSSR count). The standard InChI is InChI=1S/C26H39N5OS/c1-5-6-9-22(16-21-17-28-24-11-8-7-10-23(21)24)29-26(32)25(33-4)18-27-19-30-12-14-31(15-13-30)20(2)3/h7-8,10-11,17-20,22,28H,5-6,9,12-16H2,1-4H3,(H,29,32)/b25-18-,27-19+. The second-order valence-corrected chi connectivity index (χ2v) is 9.85. The molecular weight excluding hydrogens is 430 g/mol. The maximum Gasteiger partial charge on any atom is 0.259 e. The van der Waals surface area contributed by atoms with Crippen molar-refractivity contribution < 1.29 is 4.79 Å². The fraction of sp³-hybridized carbons (Fsp3) is 0.538. The van der Waals surface area contributed by atoms with Crippen molar-refractivity contribution in [1.29, 1.82) is 0 Å². The van der Waals surface area contributed by atoms with E-state index < -0.39 is 0 Å². The molecule has 0 radical (unpaired) electrons. The van der Waals surface area contributed by atoms with Crippen LogP contribution in [0.3, 0.4) is 0 Å². The Bertz CT molecular complexity index is 943. The van der Waals surface area contributed by atoms with Crippen LogP contribution in [0, 0.1) is 0 Å². The molecule has 1 aromatic heterocycles. The number of unbranched alkanes of at least 4 members (excludes halogenated alkanes) is 1. The van der Waals surface area contributed by atoms with E-state index in [2.05, 4.69) is 70.3 Å². The summed E-state index contributed by atoms with van der Waals surface area (Å²) in [5.74, 6) is -0.0368. The molecule has 1 aliphatic rings. The number of nitrogens with zero attached hydrogens (tertiary/aromatic N) is 3. The fourth-order valence-corrected chi connectivity index (χ4v) is 4.68. The van der Waals surface area contributed by atoms with Gasteiger partial charge in [0.1, 0.15) is 0 Å². The molecule has 33 heavy (non-hydrogen) atoms. The molecule has 6 nitrogen and oxygen atoms in total. The number of carbonyl (C=O) groups is 1. The third-order valence-corrected chi connectivity index (χ3v) is 7.06. The van der Waals surface area contributed by atoms with E-state index >= 15 is 0 Å². The highest BCUT2D eigenvalue weighted by Gasteiger charge is 2.18. The van der Waals surface area contributed by atoms with E-state index in [1.54, 1.807) is 6.20 Å². The summed E-state index contributed by atoms with van der Waals surface area (Å²) in [7, 11) is 0. The van der Waals surface area contributed by atoms with Gasteiger partial charge in [0.05, 0.1) is 11.2 Å². The number of aromatic nitrogens is 1. The Balaban J connectivity index is 1.60. The topological polar surface area (TPSA) is 63.7 Å². The van der Waals surface area contributed by atoms with Crippen LogP contribution in [0.1, 0.15) is 45.6 Å². The SMILES string of the molecule is CCCCC(Cc1c[nH]c2ccccc12)NC(=O)/C(=C/N=C/N1CCN(C(C)C)CC1)SC. The number of fused-ring (bicyclic) bond motifs is 1. The van der Waals surface area contributed by atoms with Gasteiger partial charge in [-0.15, -0.1) is 11.8 Å². The summed E-state index contributed by atoms with van der Waals surface area (Å²) in [5, 5.41) is 4.51. The number of thioether (sulfide) groups is 1. The normalized spacial score (nSPS) is 16.8. The van der Waals surface area contributed by atoms with Gasteiger partial charge < -0.3 is 15.2 Å². The van der Waals surface area contributed by atoms with Crippen LogP contribution in [0.4, 0.5) is 0 Å². The number of piperazine rings is 1. The first kappa shape index (κ1) is 25.4. The summed E-state index contributed by atoms with van der Waals surface area (Å²) in [6.07, 6.45) is 11.6. The lowest BCUT2D eigenvalue weighted by molar-refractivity contribution is -0.117. The monoisotopic (exact) mass is 469 g/mol. The summed E-state index contributed by atoms with van der Waals surface area (Å²) < 4.78 is 0. The zero-order chi connectivity index (χ0) is 23.6. The molecule has 1 saturated heterocycles. The van der Waals surface area contributed by atoms with Crippen molar-refractivity contribution in [2.75, 3.05) is 32.4 Å². The van der Waals surface area contributed by atoms with Gasteiger partial charge in [-0.1, -0.05) is 38.0 Å². The fourth-order valence-electron chi connectivity index (χ4n) is 4.27. The van der Waals surface area contributed by atoms with Crippen molar-refractivity contribution in [3.63, 3.8) is 0 Å². The molecule has 1 unspecified atom stereocenters. The summed E-state index contributed by atoms with van der Waals surface area (Å²) in [6, 6.07) is 9.02. The molecule has 1 fully saturated rings. The molecule has 2 N–H and O–H groups in total. The van der Waals surface area contributed by atoms with Crippen molar-refractivity contribution in [3.05, 3.63) is 47.1 Å². The number of benzene rings is 1. The smallest absolute Gasteiger partial charge is 0.259 e. The first-order valence-electron chi connectivity index (χ1n) is 12.1. The number of rotatable bonds is 11. The van der Waals surface area contributed by atoms with E-state index in [1.807, 2.05) is 18.7 Å². The Morgan fingerprint density at radius 1 is 1.24 bits per heavy atom. The van der Waals surface area contributed by atoms with Crippen LogP contribution in [-0.4, -0.2) is 71.5 Å². The van der Waals surface area contributed by atoms with Crippen LogP contribution in [0.5, 0.6) is 0 Å². The minimum Gasteiger partial charge on any atom is -0.361 e. The molecule has 1 aromatic carbocycles. The van der Waals surface area contributed by atoms with E-state index in [1.165, 1.54) is 22.7 Å². The average molecular weight is 470 g/mol. The maximum absolute atomic E-state index is 13.0. The lowest BCUT2D eigenvalue weighted by atomic mass is 10.0. The average Bonchev–Trinajstić information content (AvgIpc) is 3.23. The van der Waals surface area contributed by atoms with Crippen molar-refractivity contribution in [1.82, 2.24) is 20.1 Å². The number of aromatic amines is 1. The minimum absolute atomic E-state index is 0.0368. The molecule has 0 saturated carbocycles. The van der Waals surface area contributed by atoms with Gasteiger partial charge in [-0.2, -0.15) is 0 Å². The van der Waals surface area contributed by atoms with Crippen LogP contribution in [0.2, 0.25) is 0 Å². The number of aliphatic imine (C=N–C) groups is 1. The molecule has 1 amide bonds. The second-order valence-electron chi connectivity index (χ2n) is 9.00. The molecule has 0 spiro atoms. The van der Waals surface area contributed by atoms with Gasteiger partial charge in [0.15, 0.2) is 0 Å². The lowest BCUT2D eigenvalue weighted by Crippen LogP contribution is -2.48.